The Kier molecular flexibility index (Phi) is 4.90. The molecule has 23 heavy (non-hydrogen) atoms. The number of rotatable bonds is 5. The molecule has 0 heterocycles. The Morgan fingerprint density at radius 3 is 2.48 bits per heavy atom. The number of aromatic hydroxyl groups is 1. The standard InChI is InChI=1S/C16H12F2O5/c1-22-10-3-4-11(14(19)7-10)16(21)23-8-15(20)12-6-9(17)2-5-13(12)18/h2-7,19H,8H2,1H3. The van der Waals surface area contributed by atoms with Crippen molar-refractivity contribution in [1.29, 1.82) is 0 Å². The zero-order valence-corrected chi connectivity index (χ0v) is 12.0. The lowest BCUT2D eigenvalue weighted by molar-refractivity contribution is 0.0470. The lowest BCUT2D eigenvalue weighted by Crippen LogP contribution is -2.15. The van der Waals surface area contributed by atoms with Crippen LogP contribution in [0.15, 0.2) is 36.4 Å². The Labute approximate surface area is 130 Å². The highest BCUT2D eigenvalue weighted by atomic mass is 19.1. The van der Waals surface area contributed by atoms with Gasteiger partial charge in [-0.3, -0.25) is 4.79 Å². The third-order valence-corrected chi connectivity index (χ3v) is 2.99. The van der Waals surface area contributed by atoms with Crippen molar-refractivity contribution in [2.24, 2.45) is 0 Å². The Balaban J connectivity index is 2.07. The molecule has 0 amide bonds. The van der Waals surface area contributed by atoms with Crippen molar-refractivity contribution >= 4 is 11.8 Å². The summed E-state index contributed by atoms with van der Waals surface area (Å²) in [5, 5.41) is 9.68. The van der Waals surface area contributed by atoms with Crippen LogP contribution in [-0.4, -0.2) is 30.6 Å². The van der Waals surface area contributed by atoms with Gasteiger partial charge in [0.2, 0.25) is 5.78 Å². The van der Waals surface area contributed by atoms with E-state index in [0.717, 1.165) is 18.2 Å². The second-order valence-corrected chi connectivity index (χ2v) is 4.51. The zero-order chi connectivity index (χ0) is 17.0. The summed E-state index contributed by atoms with van der Waals surface area (Å²) >= 11 is 0. The van der Waals surface area contributed by atoms with Crippen LogP contribution in [0.2, 0.25) is 0 Å². The fraction of sp³-hybridized carbons (Fsp3) is 0.125. The molecule has 0 aromatic heterocycles. The van der Waals surface area contributed by atoms with Crippen LogP contribution >= 0.6 is 0 Å². The van der Waals surface area contributed by atoms with Gasteiger partial charge in [0.15, 0.2) is 6.61 Å². The van der Waals surface area contributed by atoms with E-state index in [1.807, 2.05) is 0 Å². The average Bonchev–Trinajstić information content (AvgIpc) is 2.54. The number of methoxy groups -OCH3 is 1. The molecule has 1 N–H and O–H groups in total. The number of phenolic OH excluding ortho intramolecular Hbond substituents is 1. The molecule has 5 nitrogen and oxygen atoms in total. The number of ketones is 1. The van der Waals surface area contributed by atoms with Gasteiger partial charge < -0.3 is 14.6 Å². The molecule has 7 heteroatoms. The number of hydrogen-bond donors (Lipinski definition) is 1. The number of halogens is 2. The zero-order valence-electron chi connectivity index (χ0n) is 12.0. The van der Waals surface area contributed by atoms with E-state index in [9.17, 15) is 23.5 Å². The van der Waals surface area contributed by atoms with Crippen LogP contribution in [0.25, 0.3) is 0 Å². The van der Waals surface area contributed by atoms with Gasteiger partial charge in [0.05, 0.1) is 12.7 Å². The number of benzene rings is 2. The molecule has 0 aliphatic heterocycles. The Bertz CT molecular complexity index is 758. The Hall–Kier alpha value is -2.96. The molecular formula is C16H12F2O5. The molecule has 0 aliphatic carbocycles. The first-order chi connectivity index (χ1) is 10.9. The fourth-order valence-corrected chi connectivity index (χ4v) is 1.81. The third-order valence-electron chi connectivity index (χ3n) is 2.99. The second-order valence-electron chi connectivity index (χ2n) is 4.51. The van der Waals surface area contributed by atoms with Gasteiger partial charge in [0.25, 0.3) is 0 Å². The number of carbonyl (C=O) groups is 2. The molecule has 0 aliphatic rings. The molecule has 0 bridgehead atoms. The minimum atomic E-state index is -0.977. The summed E-state index contributed by atoms with van der Waals surface area (Å²) in [6, 6.07) is 6.27. The number of carbonyl (C=O) groups excluding carboxylic acids is 2. The summed E-state index contributed by atoms with van der Waals surface area (Å²) in [6.07, 6.45) is 0. The van der Waals surface area contributed by atoms with E-state index in [4.69, 9.17) is 9.47 Å². The van der Waals surface area contributed by atoms with Crippen LogP contribution in [-0.2, 0) is 4.74 Å². The second kappa shape index (κ2) is 6.87. The van der Waals surface area contributed by atoms with Gasteiger partial charge in [-0.05, 0) is 30.3 Å². The number of ether oxygens (including phenoxy) is 2. The molecule has 0 fully saturated rings. The van der Waals surface area contributed by atoms with Gasteiger partial charge in [-0.2, -0.15) is 0 Å². The molecule has 120 valence electrons. The predicted molar refractivity (Wildman–Crippen MR) is 75.6 cm³/mol. The number of esters is 1. The SMILES string of the molecule is COc1ccc(C(=O)OCC(=O)c2cc(F)ccc2F)c(O)c1. The number of hydrogen-bond acceptors (Lipinski definition) is 5. The van der Waals surface area contributed by atoms with Crippen LogP contribution in [0.3, 0.4) is 0 Å². The van der Waals surface area contributed by atoms with Gasteiger partial charge in [0, 0.05) is 6.07 Å². The van der Waals surface area contributed by atoms with Crippen LogP contribution in [0, 0.1) is 11.6 Å². The van der Waals surface area contributed by atoms with E-state index in [1.165, 1.54) is 25.3 Å². The van der Waals surface area contributed by atoms with E-state index in [-0.39, 0.29) is 5.56 Å². The van der Waals surface area contributed by atoms with Crippen LogP contribution in [0.1, 0.15) is 20.7 Å². The largest absolute Gasteiger partial charge is 0.507 e. The summed E-state index contributed by atoms with van der Waals surface area (Å²) in [5.74, 6) is -3.64. The first-order valence-electron chi connectivity index (χ1n) is 6.44. The molecule has 0 radical (unpaired) electrons. The summed E-state index contributed by atoms with van der Waals surface area (Å²) < 4.78 is 36.0. The molecule has 0 spiro atoms. The molecule has 0 saturated carbocycles. The first kappa shape index (κ1) is 16.4. The highest BCUT2D eigenvalue weighted by molar-refractivity contribution is 6.00. The first-order valence-corrected chi connectivity index (χ1v) is 6.44. The van der Waals surface area contributed by atoms with E-state index in [1.54, 1.807) is 0 Å². The van der Waals surface area contributed by atoms with Crippen molar-refractivity contribution in [2.75, 3.05) is 13.7 Å². The molecule has 2 aromatic rings. The van der Waals surface area contributed by atoms with Crippen LogP contribution in [0.5, 0.6) is 11.5 Å². The minimum absolute atomic E-state index is 0.182. The van der Waals surface area contributed by atoms with E-state index >= 15 is 0 Å². The normalized spacial score (nSPS) is 10.2. The molecular weight excluding hydrogens is 310 g/mol. The van der Waals surface area contributed by atoms with Crippen molar-refractivity contribution in [3.63, 3.8) is 0 Å². The van der Waals surface area contributed by atoms with Crippen molar-refractivity contribution < 1.29 is 33.0 Å². The highest BCUT2D eigenvalue weighted by Crippen LogP contribution is 2.24. The molecule has 0 saturated heterocycles. The van der Waals surface area contributed by atoms with Crippen LogP contribution < -0.4 is 4.74 Å². The summed E-state index contributed by atoms with van der Waals surface area (Å²) in [5.41, 5.74) is -0.699. The molecule has 2 rings (SSSR count). The lowest BCUT2D eigenvalue weighted by atomic mass is 10.1. The monoisotopic (exact) mass is 322 g/mol. The van der Waals surface area contributed by atoms with E-state index in [2.05, 4.69) is 0 Å². The summed E-state index contributed by atoms with van der Waals surface area (Å²) in [6.45, 7) is -0.787. The molecule has 0 unspecified atom stereocenters. The van der Waals surface area contributed by atoms with Gasteiger partial charge in [0.1, 0.15) is 28.7 Å². The highest BCUT2D eigenvalue weighted by Gasteiger charge is 2.18. The Morgan fingerprint density at radius 1 is 1.09 bits per heavy atom. The third kappa shape index (κ3) is 3.82. The lowest BCUT2D eigenvalue weighted by Gasteiger charge is -2.08. The van der Waals surface area contributed by atoms with E-state index in [0.29, 0.717) is 5.75 Å². The fourth-order valence-electron chi connectivity index (χ4n) is 1.81. The maximum absolute atomic E-state index is 13.4. The topological polar surface area (TPSA) is 72.8 Å². The average molecular weight is 322 g/mol. The number of Topliss-reactive ketones (excluding diaryl/α,β-unsaturated/α-hetero) is 1. The predicted octanol–water partition coefficient (Wildman–Crippen LogP) is 2.72. The van der Waals surface area contributed by atoms with Crippen molar-refractivity contribution in [1.82, 2.24) is 0 Å². The van der Waals surface area contributed by atoms with Gasteiger partial charge in [-0.15, -0.1) is 0 Å². The van der Waals surface area contributed by atoms with Gasteiger partial charge in [-0.25, -0.2) is 13.6 Å². The molecule has 0 atom stereocenters. The van der Waals surface area contributed by atoms with Gasteiger partial charge in [-0.1, -0.05) is 0 Å². The maximum atomic E-state index is 13.4. The quantitative estimate of drug-likeness (QED) is 0.677. The smallest absolute Gasteiger partial charge is 0.342 e. The minimum Gasteiger partial charge on any atom is -0.507 e. The van der Waals surface area contributed by atoms with Crippen molar-refractivity contribution in [2.45, 2.75) is 0 Å². The molecule has 2 aromatic carbocycles. The van der Waals surface area contributed by atoms with Gasteiger partial charge >= 0.3 is 5.97 Å². The summed E-state index contributed by atoms with van der Waals surface area (Å²) in [7, 11) is 1.39. The Morgan fingerprint density at radius 2 is 1.83 bits per heavy atom. The maximum Gasteiger partial charge on any atom is 0.342 e. The van der Waals surface area contributed by atoms with Crippen molar-refractivity contribution in [3.05, 3.63) is 59.2 Å². The number of phenols is 1. The summed E-state index contributed by atoms with van der Waals surface area (Å²) in [4.78, 5) is 23.6. The van der Waals surface area contributed by atoms with Crippen molar-refractivity contribution in [3.8, 4) is 11.5 Å². The van der Waals surface area contributed by atoms with E-state index < -0.39 is 41.3 Å². The van der Waals surface area contributed by atoms with Crippen LogP contribution in [0.4, 0.5) is 8.78 Å².